The summed E-state index contributed by atoms with van der Waals surface area (Å²) in [7, 11) is 1.77. The summed E-state index contributed by atoms with van der Waals surface area (Å²) in [4.78, 5) is 6.67. The number of nitrogens with zero attached hydrogens (tertiary/aromatic N) is 2. The van der Waals surface area contributed by atoms with E-state index in [-0.39, 0.29) is 0 Å². The Kier molecular flexibility index (Phi) is 4.76. The van der Waals surface area contributed by atoms with Crippen LogP contribution in [0.5, 0.6) is 0 Å². The normalized spacial score (nSPS) is 26.3. The number of piperidine rings is 1. The highest BCUT2D eigenvalue weighted by molar-refractivity contribution is 7.15. The van der Waals surface area contributed by atoms with Gasteiger partial charge in [0, 0.05) is 26.2 Å². The molecule has 2 rings (SSSR count). The molecule has 0 bridgehead atoms. The van der Waals surface area contributed by atoms with Crippen molar-refractivity contribution < 1.29 is 4.74 Å². The van der Waals surface area contributed by atoms with E-state index >= 15 is 0 Å². The summed E-state index contributed by atoms with van der Waals surface area (Å²) in [5.74, 6) is 0. The molecule has 96 valence electrons. The van der Waals surface area contributed by atoms with E-state index in [2.05, 4.69) is 9.88 Å². The molecule has 17 heavy (non-hydrogen) atoms. The minimum Gasteiger partial charge on any atom is -0.381 e. The third kappa shape index (κ3) is 3.39. The molecule has 1 fully saturated rings. The van der Waals surface area contributed by atoms with E-state index in [1.54, 1.807) is 24.6 Å². The van der Waals surface area contributed by atoms with E-state index in [9.17, 15) is 0 Å². The fourth-order valence-corrected chi connectivity index (χ4v) is 3.25. The van der Waals surface area contributed by atoms with Gasteiger partial charge in [-0.3, -0.25) is 4.90 Å². The Bertz CT molecular complexity index is 360. The molecule has 0 aromatic carbocycles. The molecule has 2 unspecified atom stereocenters. The average Bonchev–Trinajstić information content (AvgIpc) is 2.75. The maximum Gasteiger partial charge on any atom is 0.113 e. The number of thiazole rings is 1. The highest BCUT2D eigenvalue weighted by Gasteiger charge is 2.27. The fourth-order valence-electron chi connectivity index (χ4n) is 2.27. The van der Waals surface area contributed by atoms with Crippen LogP contribution in [0.2, 0.25) is 4.34 Å². The summed E-state index contributed by atoms with van der Waals surface area (Å²) in [6.07, 6.45) is 4.12. The number of ether oxygens (including phenoxy) is 1. The van der Waals surface area contributed by atoms with Gasteiger partial charge in [0.1, 0.15) is 9.34 Å². The van der Waals surface area contributed by atoms with E-state index in [4.69, 9.17) is 22.1 Å². The molecule has 1 saturated heterocycles. The summed E-state index contributed by atoms with van der Waals surface area (Å²) < 4.78 is 6.16. The summed E-state index contributed by atoms with van der Waals surface area (Å²) in [5, 5.41) is 1.06. The van der Waals surface area contributed by atoms with Crippen LogP contribution in [-0.4, -0.2) is 42.2 Å². The maximum absolute atomic E-state index is 5.89. The number of aromatic nitrogens is 1. The molecule has 2 atom stereocenters. The van der Waals surface area contributed by atoms with Crippen LogP contribution in [0.15, 0.2) is 6.20 Å². The Morgan fingerprint density at radius 1 is 1.71 bits per heavy atom. The van der Waals surface area contributed by atoms with Gasteiger partial charge in [-0.1, -0.05) is 11.6 Å². The molecule has 1 aliphatic heterocycles. The van der Waals surface area contributed by atoms with Crippen molar-refractivity contribution in [3.8, 4) is 0 Å². The van der Waals surface area contributed by atoms with E-state index in [1.807, 2.05) is 0 Å². The van der Waals surface area contributed by atoms with Crippen LogP contribution in [0, 0.1) is 0 Å². The Morgan fingerprint density at radius 2 is 2.53 bits per heavy atom. The molecule has 6 heteroatoms. The van der Waals surface area contributed by atoms with Crippen LogP contribution in [0.4, 0.5) is 0 Å². The summed E-state index contributed by atoms with van der Waals surface area (Å²) in [5.41, 5.74) is 5.83. The molecule has 2 N–H and O–H groups in total. The molecule has 1 aromatic rings. The van der Waals surface area contributed by atoms with Gasteiger partial charge in [0.15, 0.2) is 0 Å². The van der Waals surface area contributed by atoms with Gasteiger partial charge < -0.3 is 10.5 Å². The van der Waals surface area contributed by atoms with Crippen LogP contribution in [-0.2, 0) is 11.3 Å². The monoisotopic (exact) mass is 275 g/mol. The highest BCUT2D eigenvalue weighted by atomic mass is 35.5. The van der Waals surface area contributed by atoms with Crippen molar-refractivity contribution in [3.63, 3.8) is 0 Å². The third-order valence-electron chi connectivity index (χ3n) is 3.26. The average molecular weight is 276 g/mol. The molecule has 0 spiro atoms. The van der Waals surface area contributed by atoms with Crippen molar-refractivity contribution in [1.82, 2.24) is 9.88 Å². The minimum atomic E-state index is 0.347. The Labute approximate surface area is 111 Å². The lowest BCUT2D eigenvalue weighted by Crippen LogP contribution is -2.47. The lowest BCUT2D eigenvalue weighted by Gasteiger charge is -2.37. The van der Waals surface area contributed by atoms with Gasteiger partial charge in [-0.15, -0.1) is 11.3 Å². The summed E-state index contributed by atoms with van der Waals surface area (Å²) >= 11 is 7.43. The number of nitrogens with two attached hydrogens (primary N) is 1. The van der Waals surface area contributed by atoms with Crippen LogP contribution >= 0.6 is 22.9 Å². The van der Waals surface area contributed by atoms with E-state index in [0.29, 0.717) is 18.7 Å². The second kappa shape index (κ2) is 6.11. The first-order valence-corrected chi connectivity index (χ1v) is 6.99. The van der Waals surface area contributed by atoms with Crippen molar-refractivity contribution in [2.24, 2.45) is 5.73 Å². The standard InChI is InChI=1S/C11H18ClN3OS/c1-16-9-2-3-15(8(4-9)5-13)7-11-14-6-10(12)17-11/h6,8-9H,2-5,7,13H2,1H3. The zero-order valence-corrected chi connectivity index (χ0v) is 11.5. The number of likely N-dealkylation sites (tertiary alicyclic amines) is 1. The van der Waals surface area contributed by atoms with Crippen molar-refractivity contribution in [2.45, 2.75) is 31.5 Å². The fraction of sp³-hybridized carbons (Fsp3) is 0.727. The lowest BCUT2D eigenvalue weighted by atomic mass is 9.99. The first-order valence-electron chi connectivity index (χ1n) is 5.80. The second-order valence-electron chi connectivity index (χ2n) is 4.30. The molecule has 0 amide bonds. The summed E-state index contributed by atoms with van der Waals surface area (Å²) in [6.45, 7) is 2.52. The van der Waals surface area contributed by atoms with Crippen LogP contribution in [0.3, 0.4) is 0 Å². The molecule has 0 radical (unpaired) electrons. The van der Waals surface area contributed by atoms with Crippen molar-refractivity contribution in [3.05, 3.63) is 15.5 Å². The van der Waals surface area contributed by atoms with E-state index in [0.717, 1.165) is 35.3 Å². The molecule has 1 aromatic heterocycles. The van der Waals surface area contributed by atoms with Crippen LogP contribution in [0.25, 0.3) is 0 Å². The number of hydrogen-bond donors (Lipinski definition) is 1. The molecular formula is C11H18ClN3OS. The van der Waals surface area contributed by atoms with Gasteiger partial charge in [-0.2, -0.15) is 0 Å². The number of methoxy groups -OCH3 is 1. The van der Waals surface area contributed by atoms with Crippen molar-refractivity contribution in [2.75, 3.05) is 20.2 Å². The van der Waals surface area contributed by atoms with Crippen LogP contribution < -0.4 is 5.73 Å². The topological polar surface area (TPSA) is 51.4 Å². The SMILES string of the molecule is COC1CCN(Cc2ncc(Cl)s2)C(CN)C1. The molecular weight excluding hydrogens is 258 g/mol. The Hall–Kier alpha value is -0.200. The van der Waals surface area contributed by atoms with Crippen LogP contribution in [0.1, 0.15) is 17.8 Å². The van der Waals surface area contributed by atoms with Crippen molar-refractivity contribution >= 4 is 22.9 Å². The minimum absolute atomic E-state index is 0.347. The number of hydrogen-bond acceptors (Lipinski definition) is 5. The zero-order valence-electron chi connectivity index (χ0n) is 9.93. The smallest absolute Gasteiger partial charge is 0.113 e. The maximum atomic E-state index is 5.89. The third-order valence-corrected chi connectivity index (χ3v) is 4.36. The van der Waals surface area contributed by atoms with Gasteiger partial charge in [0.2, 0.25) is 0 Å². The Balaban J connectivity index is 1.95. The summed E-state index contributed by atoms with van der Waals surface area (Å²) in [6, 6.07) is 0.386. The van der Waals surface area contributed by atoms with E-state index < -0.39 is 0 Å². The van der Waals surface area contributed by atoms with Gasteiger partial charge in [0.05, 0.1) is 18.8 Å². The lowest BCUT2D eigenvalue weighted by molar-refractivity contribution is 0.0102. The molecule has 0 aliphatic carbocycles. The van der Waals surface area contributed by atoms with Gasteiger partial charge >= 0.3 is 0 Å². The largest absolute Gasteiger partial charge is 0.381 e. The molecule has 4 nitrogen and oxygen atoms in total. The van der Waals surface area contributed by atoms with E-state index in [1.165, 1.54) is 0 Å². The highest BCUT2D eigenvalue weighted by Crippen LogP contribution is 2.24. The van der Waals surface area contributed by atoms with Gasteiger partial charge in [0.25, 0.3) is 0 Å². The van der Waals surface area contributed by atoms with Crippen molar-refractivity contribution in [1.29, 1.82) is 0 Å². The number of halogens is 1. The first kappa shape index (κ1) is 13.2. The molecule has 2 heterocycles. The van der Waals surface area contributed by atoms with Gasteiger partial charge in [-0.05, 0) is 12.8 Å². The molecule has 0 saturated carbocycles. The Morgan fingerprint density at radius 3 is 3.12 bits per heavy atom. The predicted octanol–water partition coefficient (Wildman–Crippen LogP) is 1.73. The zero-order chi connectivity index (χ0) is 12.3. The first-order chi connectivity index (χ1) is 8.22. The predicted molar refractivity (Wildman–Crippen MR) is 70.4 cm³/mol. The molecule has 1 aliphatic rings. The quantitative estimate of drug-likeness (QED) is 0.909. The second-order valence-corrected chi connectivity index (χ2v) is 6.05. The number of rotatable bonds is 4. The van der Waals surface area contributed by atoms with Gasteiger partial charge in [-0.25, -0.2) is 4.98 Å².